The summed E-state index contributed by atoms with van der Waals surface area (Å²) in [5.41, 5.74) is 1.88. The maximum absolute atomic E-state index is 12.6. The van der Waals surface area contributed by atoms with Crippen molar-refractivity contribution in [1.29, 1.82) is 0 Å². The highest BCUT2D eigenvalue weighted by Crippen LogP contribution is 2.21. The summed E-state index contributed by atoms with van der Waals surface area (Å²) in [5.74, 6) is 0.663. The monoisotopic (exact) mass is 342 g/mol. The van der Waals surface area contributed by atoms with Crippen LogP contribution in [0, 0.1) is 6.92 Å². The summed E-state index contributed by atoms with van der Waals surface area (Å²) in [5, 5.41) is 11.8. The van der Waals surface area contributed by atoms with Crippen molar-refractivity contribution < 1.29 is 4.74 Å². The number of aromatic amines is 1. The molecular formula is C17H15ClN4O2. The molecule has 1 N–H and O–H groups in total. The Kier molecular flexibility index (Phi) is 4.48. The number of H-pyrrole nitrogens is 1. The average Bonchev–Trinajstić information content (AvgIpc) is 2.89. The van der Waals surface area contributed by atoms with Gasteiger partial charge in [0.2, 0.25) is 0 Å². The summed E-state index contributed by atoms with van der Waals surface area (Å²) in [6.07, 6.45) is 0. The van der Waals surface area contributed by atoms with Crippen LogP contribution in [-0.4, -0.2) is 16.9 Å². The molecule has 1 heterocycles. The third-order valence-corrected chi connectivity index (χ3v) is 3.70. The Labute approximate surface area is 143 Å². The summed E-state index contributed by atoms with van der Waals surface area (Å²) >= 11 is 5.83. The molecule has 3 aromatic rings. The van der Waals surface area contributed by atoms with E-state index in [0.717, 1.165) is 0 Å². The molecule has 3 rings (SSSR count). The van der Waals surface area contributed by atoms with E-state index in [-0.39, 0.29) is 11.2 Å². The topological polar surface area (TPSA) is 71.7 Å². The number of benzene rings is 2. The molecule has 0 aliphatic carbocycles. The Balaban J connectivity index is 1.97. The SMILES string of the molecule is COc1cccc(-n2[nH]c(C)c(N=Nc3ccc(Cl)cc3)c2=O)c1. The number of nitrogens with one attached hydrogen (secondary N) is 1. The first kappa shape index (κ1) is 16.0. The van der Waals surface area contributed by atoms with Crippen molar-refractivity contribution in [2.75, 3.05) is 7.11 Å². The smallest absolute Gasteiger partial charge is 0.299 e. The minimum atomic E-state index is -0.279. The Morgan fingerprint density at radius 2 is 1.88 bits per heavy atom. The Bertz CT molecular complexity index is 942. The summed E-state index contributed by atoms with van der Waals surface area (Å²) in [6, 6.07) is 14.1. The lowest BCUT2D eigenvalue weighted by Crippen LogP contribution is -2.14. The second-order valence-electron chi connectivity index (χ2n) is 5.10. The van der Waals surface area contributed by atoms with Crippen molar-refractivity contribution in [2.24, 2.45) is 10.2 Å². The summed E-state index contributed by atoms with van der Waals surface area (Å²) in [4.78, 5) is 12.6. The number of hydrogen-bond donors (Lipinski definition) is 1. The van der Waals surface area contributed by atoms with Crippen LogP contribution in [0.3, 0.4) is 0 Å². The van der Waals surface area contributed by atoms with Crippen LogP contribution in [0.1, 0.15) is 5.69 Å². The number of azo groups is 1. The lowest BCUT2D eigenvalue weighted by molar-refractivity contribution is 0.414. The Hall–Kier alpha value is -2.86. The van der Waals surface area contributed by atoms with E-state index in [9.17, 15) is 4.79 Å². The van der Waals surface area contributed by atoms with Gasteiger partial charge in [0.25, 0.3) is 5.56 Å². The molecule has 0 saturated carbocycles. The second kappa shape index (κ2) is 6.72. The van der Waals surface area contributed by atoms with Crippen LogP contribution in [0.5, 0.6) is 5.75 Å². The highest BCUT2D eigenvalue weighted by atomic mass is 35.5. The summed E-state index contributed by atoms with van der Waals surface area (Å²) in [7, 11) is 1.58. The average molecular weight is 343 g/mol. The van der Waals surface area contributed by atoms with Crippen LogP contribution in [0.25, 0.3) is 5.69 Å². The van der Waals surface area contributed by atoms with Gasteiger partial charge in [-0.15, -0.1) is 5.11 Å². The normalized spacial score (nSPS) is 11.1. The van der Waals surface area contributed by atoms with E-state index < -0.39 is 0 Å². The number of ether oxygens (including phenoxy) is 1. The first-order chi connectivity index (χ1) is 11.6. The Morgan fingerprint density at radius 1 is 1.12 bits per heavy atom. The zero-order valence-electron chi connectivity index (χ0n) is 13.2. The third kappa shape index (κ3) is 3.23. The van der Waals surface area contributed by atoms with Crippen molar-refractivity contribution in [3.05, 3.63) is 69.6 Å². The molecule has 1 aromatic heterocycles. The number of hydrogen-bond acceptors (Lipinski definition) is 4. The summed E-state index contributed by atoms with van der Waals surface area (Å²) in [6.45, 7) is 1.77. The fourth-order valence-corrected chi connectivity index (χ4v) is 2.33. The highest BCUT2D eigenvalue weighted by Gasteiger charge is 2.12. The Morgan fingerprint density at radius 3 is 2.58 bits per heavy atom. The number of aryl methyl sites for hydroxylation is 1. The van der Waals surface area contributed by atoms with Gasteiger partial charge in [-0.2, -0.15) is 5.11 Å². The zero-order chi connectivity index (χ0) is 17.1. The number of methoxy groups -OCH3 is 1. The van der Waals surface area contributed by atoms with Gasteiger partial charge in [0.15, 0.2) is 5.69 Å². The number of nitrogens with zero attached hydrogens (tertiary/aromatic N) is 3. The van der Waals surface area contributed by atoms with Crippen molar-refractivity contribution in [1.82, 2.24) is 9.78 Å². The quantitative estimate of drug-likeness (QED) is 0.706. The van der Waals surface area contributed by atoms with Crippen LogP contribution in [0.15, 0.2) is 63.6 Å². The van der Waals surface area contributed by atoms with E-state index in [2.05, 4.69) is 15.3 Å². The maximum Gasteiger partial charge on any atom is 0.299 e. The van der Waals surface area contributed by atoms with Gasteiger partial charge in [-0.25, -0.2) is 4.68 Å². The van der Waals surface area contributed by atoms with Gasteiger partial charge in [-0.3, -0.25) is 9.89 Å². The fourth-order valence-electron chi connectivity index (χ4n) is 2.20. The highest BCUT2D eigenvalue weighted by molar-refractivity contribution is 6.30. The molecule has 0 atom stereocenters. The molecule has 0 aliphatic rings. The summed E-state index contributed by atoms with van der Waals surface area (Å²) < 4.78 is 6.60. The number of aromatic nitrogens is 2. The van der Waals surface area contributed by atoms with Crippen molar-refractivity contribution in [3.63, 3.8) is 0 Å². The molecule has 2 aromatic carbocycles. The molecule has 0 saturated heterocycles. The lowest BCUT2D eigenvalue weighted by Gasteiger charge is -2.04. The van der Waals surface area contributed by atoms with Gasteiger partial charge in [-0.05, 0) is 43.3 Å². The lowest BCUT2D eigenvalue weighted by atomic mass is 10.3. The molecule has 0 aliphatic heterocycles. The van der Waals surface area contributed by atoms with Crippen molar-refractivity contribution >= 4 is 23.0 Å². The van der Waals surface area contributed by atoms with Gasteiger partial charge in [0.05, 0.1) is 24.2 Å². The van der Waals surface area contributed by atoms with E-state index in [1.165, 1.54) is 4.68 Å². The van der Waals surface area contributed by atoms with Crippen LogP contribution in [-0.2, 0) is 0 Å². The predicted molar refractivity (Wildman–Crippen MR) is 93.3 cm³/mol. The number of halogens is 1. The van der Waals surface area contributed by atoms with Gasteiger partial charge >= 0.3 is 0 Å². The molecule has 6 nitrogen and oxygen atoms in total. The van der Waals surface area contributed by atoms with Crippen molar-refractivity contribution in [2.45, 2.75) is 6.92 Å². The van der Waals surface area contributed by atoms with Gasteiger partial charge in [0.1, 0.15) is 5.75 Å². The van der Waals surface area contributed by atoms with E-state index in [0.29, 0.717) is 27.8 Å². The molecule has 122 valence electrons. The van der Waals surface area contributed by atoms with E-state index in [1.54, 1.807) is 50.4 Å². The second-order valence-corrected chi connectivity index (χ2v) is 5.54. The van der Waals surface area contributed by atoms with Crippen LogP contribution >= 0.6 is 11.6 Å². The van der Waals surface area contributed by atoms with Crippen molar-refractivity contribution in [3.8, 4) is 11.4 Å². The van der Waals surface area contributed by atoms with Gasteiger partial charge in [0, 0.05) is 11.1 Å². The number of rotatable bonds is 4. The molecule has 0 spiro atoms. The van der Waals surface area contributed by atoms with Gasteiger partial charge < -0.3 is 4.74 Å². The van der Waals surface area contributed by atoms with Crippen LogP contribution < -0.4 is 10.3 Å². The molecule has 0 radical (unpaired) electrons. The predicted octanol–water partition coefficient (Wildman–Crippen LogP) is 4.55. The minimum absolute atomic E-state index is 0.257. The largest absolute Gasteiger partial charge is 0.497 e. The third-order valence-electron chi connectivity index (χ3n) is 3.44. The van der Waals surface area contributed by atoms with E-state index in [4.69, 9.17) is 16.3 Å². The van der Waals surface area contributed by atoms with E-state index in [1.807, 2.05) is 12.1 Å². The first-order valence-corrected chi connectivity index (χ1v) is 7.59. The molecule has 0 fully saturated rings. The van der Waals surface area contributed by atoms with E-state index >= 15 is 0 Å². The molecule has 24 heavy (non-hydrogen) atoms. The molecule has 0 bridgehead atoms. The zero-order valence-corrected chi connectivity index (χ0v) is 13.9. The van der Waals surface area contributed by atoms with Crippen LogP contribution in [0.4, 0.5) is 11.4 Å². The fraction of sp³-hybridized carbons (Fsp3) is 0.118. The molecular weight excluding hydrogens is 328 g/mol. The molecule has 0 amide bonds. The van der Waals surface area contributed by atoms with Gasteiger partial charge in [-0.1, -0.05) is 17.7 Å². The standard InChI is InChI=1S/C17H15ClN4O2/c1-11-16(20-19-13-8-6-12(18)7-9-13)17(23)22(21-11)14-4-3-5-15(10-14)24-2/h3-10,21H,1-2H3. The maximum atomic E-state index is 12.6. The molecule has 7 heteroatoms. The van der Waals surface area contributed by atoms with Crippen LogP contribution in [0.2, 0.25) is 5.02 Å². The minimum Gasteiger partial charge on any atom is -0.497 e. The first-order valence-electron chi connectivity index (χ1n) is 7.22. The molecule has 0 unspecified atom stereocenters.